The molecule has 1 N–H and O–H groups in total. The number of nitrogens with one attached hydrogen (secondary N) is 1. The van der Waals surface area contributed by atoms with Gasteiger partial charge in [0.2, 0.25) is 5.91 Å². The van der Waals surface area contributed by atoms with Gasteiger partial charge < -0.3 is 14.6 Å². The van der Waals surface area contributed by atoms with Crippen LogP contribution in [0, 0.1) is 5.92 Å². The summed E-state index contributed by atoms with van der Waals surface area (Å²) in [5.41, 5.74) is 3.55. The third-order valence-electron chi connectivity index (χ3n) is 9.33. The topological polar surface area (TPSA) is 48.6 Å². The predicted octanol–water partition coefficient (Wildman–Crippen LogP) is 7.54. The zero-order valence-electron chi connectivity index (χ0n) is 22.5. The van der Waals surface area contributed by atoms with E-state index >= 15 is 0 Å². The first-order chi connectivity index (χ1) is 19.0. The number of aromatic nitrogens is 1. The van der Waals surface area contributed by atoms with Crippen LogP contribution < -0.4 is 4.74 Å². The van der Waals surface area contributed by atoms with Crippen LogP contribution in [0.25, 0.3) is 17.0 Å². The van der Waals surface area contributed by atoms with Gasteiger partial charge in [0, 0.05) is 48.3 Å². The summed E-state index contributed by atoms with van der Waals surface area (Å²) < 4.78 is 5.50. The molecular formula is C32H37Cl2N3O2. The van der Waals surface area contributed by atoms with Crippen LogP contribution >= 0.6 is 23.2 Å². The number of benzene rings is 2. The number of H-pyrrole nitrogens is 1. The fraction of sp³-hybridized carbons (Fsp3) is 0.469. The number of halogens is 2. The van der Waals surface area contributed by atoms with Gasteiger partial charge in [-0.3, -0.25) is 9.69 Å². The Morgan fingerprint density at radius 3 is 2.51 bits per heavy atom. The van der Waals surface area contributed by atoms with Gasteiger partial charge >= 0.3 is 0 Å². The lowest BCUT2D eigenvalue weighted by atomic mass is 9.84. The Kier molecular flexibility index (Phi) is 7.93. The highest BCUT2D eigenvalue weighted by Crippen LogP contribution is 2.45. The summed E-state index contributed by atoms with van der Waals surface area (Å²) in [6.45, 7) is 2.88. The van der Waals surface area contributed by atoms with Crippen LogP contribution in [0.15, 0.2) is 48.7 Å². The first kappa shape index (κ1) is 26.7. The van der Waals surface area contributed by atoms with Crippen molar-refractivity contribution in [2.75, 3.05) is 26.7 Å². The smallest absolute Gasteiger partial charge is 0.246 e. The monoisotopic (exact) mass is 565 g/mol. The van der Waals surface area contributed by atoms with Crippen molar-refractivity contribution in [3.05, 3.63) is 69.8 Å². The van der Waals surface area contributed by atoms with Crippen molar-refractivity contribution in [1.82, 2.24) is 14.8 Å². The molecule has 2 atom stereocenters. The van der Waals surface area contributed by atoms with Crippen molar-refractivity contribution in [3.8, 4) is 5.75 Å². The van der Waals surface area contributed by atoms with E-state index < -0.39 is 0 Å². The zero-order valence-corrected chi connectivity index (χ0v) is 24.1. The van der Waals surface area contributed by atoms with Gasteiger partial charge in [-0.05, 0) is 111 Å². The molecule has 1 aromatic heterocycles. The summed E-state index contributed by atoms with van der Waals surface area (Å²) in [7, 11) is 1.74. The third-order valence-corrected chi connectivity index (χ3v) is 10.1. The molecule has 4 heterocycles. The summed E-state index contributed by atoms with van der Waals surface area (Å²) in [5.74, 6) is 2.32. The van der Waals surface area contributed by atoms with E-state index in [4.69, 9.17) is 27.9 Å². The largest absolute Gasteiger partial charge is 0.497 e. The third kappa shape index (κ3) is 5.73. The van der Waals surface area contributed by atoms with Gasteiger partial charge in [-0.2, -0.15) is 0 Å². The molecule has 0 saturated carbocycles. The molecule has 39 heavy (non-hydrogen) atoms. The number of likely N-dealkylation sites (tertiary alicyclic amines) is 1. The number of fused-ring (bicyclic) bond motifs is 3. The number of hydrogen-bond acceptors (Lipinski definition) is 3. The number of carbonyl (C=O) groups excluding carboxylic acids is 1. The fourth-order valence-corrected chi connectivity index (χ4v) is 7.45. The molecule has 3 aromatic rings. The highest BCUT2D eigenvalue weighted by atomic mass is 35.5. The number of ether oxygens (including phenoxy) is 1. The molecule has 6 rings (SSSR count). The molecule has 0 radical (unpaired) electrons. The first-order valence-corrected chi connectivity index (χ1v) is 15.1. The maximum absolute atomic E-state index is 12.7. The van der Waals surface area contributed by atoms with Gasteiger partial charge in [-0.1, -0.05) is 29.3 Å². The van der Waals surface area contributed by atoms with E-state index in [0.717, 1.165) is 37.2 Å². The van der Waals surface area contributed by atoms with Crippen molar-refractivity contribution in [2.45, 2.75) is 62.9 Å². The Morgan fingerprint density at radius 1 is 1.03 bits per heavy atom. The molecule has 0 spiro atoms. The molecule has 0 aliphatic carbocycles. The van der Waals surface area contributed by atoms with Crippen molar-refractivity contribution < 1.29 is 9.53 Å². The van der Waals surface area contributed by atoms with Gasteiger partial charge in [0.15, 0.2) is 0 Å². The maximum atomic E-state index is 12.7. The summed E-state index contributed by atoms with van der Waals surface area (Å²) in [6.07, 6.45) is 14.3. The van der Waals surface area contributed by atoms with Gasteiger partial charge in [0.1, 0.15) is 5.75 Å². The average Bonchev–Trinajstić information content (AvgIpc) is 3.48. The standard InChI is InChI=1S/C32H37Cl2N3O2/c1-39-26-6-8-31-27(19-26)28(20-35-31)23-17-24-4-5-25(18-23)37(24)15-12-21-10-13-36(14-11-21)32(38)9-3-22-2-7-29(33)30(34)16-22/h2-3,6-9,16,19-21,23-25,35H,4-5,10-15,17-18H2,1H3/b9-3+. The van der Waals surface area contributed by atoms with Gasteiger partial charge in [-0.25, -0.2) is 0 Å². The van der Waals surface area contributed by atoms with E-state index in [2.05, 4.69) is 28.2 Å². The van der Waals surface area contributed by atoms with E-state index in [0.29, 0.717) is 34.0 Å². The SMILES string of the molecule is COc1ccc2[nH]cc(C3CC4CCC(C3)N4CCC3CCN(C(=O)/C=C/c4ccc(Cl)c(Cl)c4)CC3)c2c1. The second-order valence-electron chi connectivity index (χ2n) is 11.5. The Bertz CT molecular complexity index is 1350. The van der Waals surface area contributed by atoms with Crippen LogP contribution in [-0.4, -0.2) is 59.5 Å². The molecule has 2 bridgehead atoms. The number of rotatable bonds is 7. The number of methoxy groups -OCH3 is 1. The van der Waals surface area contributed by atoms with Crippen LogP contribution in [-0.2, 0) is 4.79 Å². The number of piperidine rings is 2. The highest BCUT2D eigenvalue weighted by Gasteiger charge is 2.41. The number of hydrogen-bond donors (Lipinski definition) is 1. The van der Waals surface area contributed by atoms with E-state index in [-0.39, 0.29) is 5.91 Å². The second kappa shape index (κ2) is 11.6. The first-order valence-electron chi connectivity index (χ1n) is 14.3. The number of amides is 1. The minimum atomic E-state index is 0.0783. The van der Waals surface area contributed by atoms with E-state index in [1.54, 1.807) is 25.3 Å². The summed E-state index contributed by atoms with van der Waals surface area (Å²) >= 11 is 12.1. The van der Waals surface area contributed by atoms with Gasteiger partial charge in [-0.15, -0.1) is 0 Å². The predicted molar refractivity (Wildman–Crippen MR) is 160 cm³/mol. The normalized spacial score (nSPS) is 24.2. The second-order valence-corrected chi connectivity index (χ2v) is 12.3. The van der Waals surface area contributed by atoms with E-state index in [1.165, 1.54) is 55.1 Å². The molecule has 5 nitrogen and oxygen atoms in total. The van der Waals surface area contributed by atoms with Crippen LogP contribution in [0.3, 0.4) is 0 Å². The van der Waals surface area contributed by atoms with Gasteiger partial charge in [0.25, 0.3) is 0 Å². The molecule has 3 aliphatic rings. The molecule has 3 aliphatic heterocycles. The van der Waals surface area contributed by atoms with Crippen LogP contribution in [0.4, 0.5) is 0 Å². The Labute approximate surface area is 241 Å². The quantitative estimate of drug-likeness (QED) is 0.301. The number of nitrogens with zero attached hydrogens (tertiary/aromatic N) is 2. The maximum Gasteiger partial charge on any atom is 0.246 e. The highest BCUT2D eigenvalue weighted by molar-refractivity contribution is 6.42. The molecule has 3 saturated heterocycles. The zero-order chi connectivity index (χ0) is 26.9. The van der Waals surface area contributed by atoms with Crippen LogP contribution in [0.5, 0.6) is 5.75 Å². The van der Waals surface area contributed by atoms with Crippen molar-refractivity contribution >= 4 is 46.1 Å². The lowest BCUT2D eigenvalue weighted by molar-refractivity contribution is -0.127. The Balaban J connectivity index is 0.990. The van der Waals surface area contributed by atoms with Crippen molar-refractivity contribution in [3.63, 3.8) is 0 Å². The molecule has 2 aromatic carbocycles. The lowest BCUT2D eigenvalue weighted by Crippen LogP contribution is -2.44. The van der Waals surface area contributed by atoms with Gasteiger partial charge in [0.05, 0.1) is 17.2 Å². The number of aromatic amines is 1. The Hall–Kier alpha value is -2.47. The average molecular weight is 567 g/mol. The summed E-state index contributed by atoms with van der Waals surface area (Å²) in [6, 6.07) is 13.2. The van der Waals surface area contributed by atoms with Crippen molar-refractivity contribution in [2.24, 2.45) is 5.92 Å². The molecule has 1 amide bonds. The lowest BCUT2D eigenvalue weighted by Gasteiger charge is -2.40. The minimum Gasteiger partial charge on any atom is -0.497 e. The molecule has 7 heteroatoms. The minimum absolute atomic E-state index is 0.0783. The molecular weight excluding hydrogens is 529 g/mol. The molecule has 2 unspecified atom stereocenters. The molecule has 3 fully saturated rings. The summed E-state index contributed by atoms with van der Waals surface area (Å²) in [4.78, 5) is 21.0. The van der Waals surface area contributed by atoms with Crippen LogP contribution in [0.1, 0.15) is 62.0 Å². The fourth-order valence-electron chi connectivity index (χ4n) is 7.14. The Morgan fingerprint density at radius 2 is 1.79 bits per heavy atom. The van der Waals surface area contributed by atoms with E-state index in [9.17, 15) is 4.79 Å². The summed E-state index contributed by atoms with van der Waals surface area (Å²) in [5, 5.41) is 2.35. The van der Waals surface area contributed by atoms with E-state index in [1.807, 2.05) is 23.1 Å². The van der Waals surface area contributed by atoms with Crippen molar-refractivity contribution in [1.29, 1.82) is 0 Å². The van der Waals surface area contributed by atoms with Crippen LogP contribution in [0.2, 0.25) is 10.0 Å². The number of carbonyl (C=O) groups is 1. The molecule has 206 valence electrons.